The summed E-state index contributed by atoms with van der Waals surface area (Å²) in [6.07, 6.45) is 0. The fourth-order valence-electron chi connectivity index (χ4n) is 2.18. The topological polar surface area (TPSA) is 84.5 Å². The molecule has 0 aliphatic rings. The Bertz CT molecular complexity index is 978. The molecule has 0 bridgehead atoms. The van der Waals surface area contributed by atoms with Crippen LogP contribution in [0, 0.1) is 0 Å². The molecule has 2 N–H and O–H groups in total. The summed E-state index contributed by atoms with van der Waals surface area (Å²) in [6.45, 7) is 3.58. The summed E-state index contributed by atoms with van der Waals surface area (Å²) < 4.78 is 32.9. The van der Waals surface area contributed by atoms with Crippen molar-refractivity contribution in [3.63, 3.8) is 0 Å². The van der Waals surface area contributed by atoms with Gasteiger partial charge >= 0.3 is 0 Å². The summed E-state index contributed by atoms with van der Waals surface area (Å²) in [7, 11) is -2.65. The first-order valence-electron chi connectivity index (χ1n) is 7.71. The monoisotopic (exact) mass is 450 g/mol. The molecule has 0 atom stereocenters. The summed E-state index contributed by atoms with van der Waals surface area (Å²) in [5.41, 5.74) is 0.157. The third kappa shape index (κ3) is 5.19. The zero-order valence-corrected chi connectivity index (χ0v) is 17.7. The molecule has 0 fully saturated rings. The smallest absolute Gasteiger partial charge is 0.261 e. The van der Waals surface area contributed by atoms with E-state index in [0.717, 1.165) is 0 Å². The maximum Gasteiger partial charge on any atom is 0.261 e. The van der Waals surface area contributed by atoms with Crippen LogP contribution in [0.15, 0.2) is 35.2 Å². The van der Waals surface area contributed by atoms with Crippen molar-refractivity contribution in [3.05, 3.63) is 51.0 Å². The van der Waals surface area contributed by atoms with Crippen molar-refractivity contribution >= 4 is 56.4 Å². The van der Waals surface area contributed by atoms with Gasteiger partial charge in [-0.3, -0.25) is 9.52 Å². The number of sulfonamides is 1. The number of carbonyl (C=O) groups excluding carboxylic acids is 1. The van der Waals surface area contributed by atoms with Gasteiger partial charge in [0.2, 0.25) is 0 Å². The first kappa shape index (κ1) is 21.6. The first-order chi connectivity index (χ1) is 12.5. The van der Waals surface area contributed by atoms with Crippen LogP contribution in [0.2, 0.25) is 15.1 Å². The van der Waals surface area contributed by atoms with Gasteiger partial charge in [-0.2, -0.15) is 0 Å². The van der Waals surface area contributed by atoms with Crippen molar-refractivity contribution in [2.45, 2.75) is 24.8 Å². The highest BCUT2D eigenvalue weighted by molar-refractivity contribution is 7.92. The highest BCUT2D eigenvalue weighted by Crippen LogP contribution is 2.34. The number of anilines is 1. The van der Waals surface area contributed by atoms with Crippen LogP contribution in [0.3, 0.4) is 0 Å². The van der Waals surface area contributed by atoms with Gasteiger partial charge in [0.15, 0.2) is 0 Å². The minimum Gasteiger partial charge on any atom is -0.496 e. The SMILES string of the molecule is COc1ccc(S(=O)(=O)Nc2cc(Cl)c(Cl)cc2Cl)cc1C(=O)NC(C)C. The Kier molecular flexibility index (Phi) is 6.86. The molecule has 0 unspecified atom stereocenters. The molecule has 146 valence electrons. The van der Waals surface area contributed by atoms with Gasteiger partial charge in [0.05, 0.1) is 38.3 Å². The van der Waals surface area contributed by atoms with Gasteiger partial charge < -0.3 is 10.1 Å². The average molecular weight is 452 g/mol. The third-order valence-corrected chi connectivity index (χ3v) is 5.80. The first-order valence-corrected chi connectivity index (χ1v) is 10.3. The zero-order chi connectivity index (χ0) is 20.4. The van der Waals surface area contributed by atoms with Gasteiger partial charge in [-0.1, -0.05) is 34.8 Å². The Balaban J connectivity index is 2.44. The van der Waals surface area contributed by atoms with Gasteiger partial charge in [0.25, 0.3) is 15.9 Å². The van der Waals surface area contributed by atoms with Crippen molar-refractivity contribution in [3.8, 4) is 5.75 Å². The molecule has 0 saturated heterocycles. The van der Waals surface area contributed by atoms with E-state index < -0.39 is 15.9 Å². The van der Waals surface area contributed by atoms with E-state index in [1.165, 1.54) is 37.4 Å². The van der Waals surface area contributed by atoms with Crippen molar-refractivity contribution in [2.24, 2.45) is 0 Å². The fourth-order valence-corrected chi connectivity index (χ4v) is 3.92. The van der Waals surface area contributed by atoms with Crippen molar-refractivity contribution in [1.29, 1.82) is 0 Å². The van der Waals surface area contributed by atoms with E-state index in [-0.39, 0.29) is 43.0 Å². The van der Waals surface area contributed by atoms with Gasteiger partial charge in [-0.05, 0) is 44.2 Å². The molecule has 6 nitrogen and oxygen atoms in total. The van der Waals surface area contributed by atoms with E-state index in [1.807, 2.05) is 0 Å². The lowest BCUT2D eigenvalue weighted by atomic mass is 10.2. The maximum absolute atomic E-state index is 12.7. The van der Waals surface area contributed by atoms with E-state index in [2.05, 4.69) is 10.0 Å². The molecule has 0 aliphatic heterocycles. The lowest BCUT2D eigenvalue weighted by Gasteiger charge is -2.14. The minimum absolute atomic E-state index is 0.0649. The maximum atomic E-state index is 12.7. The lowest BCUT2D eigenvalue weighted by molar-refractivity contribution is 0.0940. The molecule has 2 aromatic carbocycles. The Morgan fingerprint density at radius 3 is 2.26 bits per heavy atom. The number of hydrogen-bond acceptors (Lipinski definition) is 4. The number of carbonyl (C=O) groups is 1. The number of ether oxygens (including phenoxy) is 1. The summed E-state index contributed by atoms with van der Waals surface area (Å²) in [5.74, 6) is -0.203. The van der Waals surface area contributed by atoms with Crippen LogP contribution in [-0.4, -0.2) is 27.5 Å². The van der Waals surface area contributed by atoms with Crippen molar-refractivity contribution in [2.75, 3.05) is 11.8 Å². The van der Waals surface area contributed by atoms with E-state index in [0.29, 0.717) is 0 Å². The molecule has 27 heavy (non-hydrogen) atoms. The molecule has 0 saturated carbocycles. The summed E-state index contributed by atoms with van der Waals surface area (Å²) in [6, 6.07) is 6.46. The van der Waals surface area contributed by atoms with E-state index >= 15 is 0 Å². The number of benzene rings is 2. The summed E-state index contributed by atoms with van der Waals surface area (Å²) >= 11 is 17.8. The average Bonchev–Trinajstić information content (AvgIpc) is 2.58. The predicted molar refractivity (Wildman–Crippen MR) is 108 cm³/mol. The van der Waals surface area contributed by atoms with Gasteiger partial charge in [0, 0.05) is 6.04 Å². The van der Waals surface area contributed by atoms with E-state index in [1.54, 1.807) is 13.8 Å². The van der Waals surface area contributed by atoms with Crippen LogP contribution in [0.5, 0.6) is 5.75 Å². The van der Waals surface area contributed by atoms with Crippen LogP contribution in [0.1, 0.15) is 24.2 Å². The predicted octanol–water partition coefficient (Wildman–Crippen LogP) is 4.59. The number of rotatable bonds is 6. The quantitative estimate of drug-likeness (QED) is 0.629. The molecular formula is C17H17Cl3N2O4S. The van der Waals surface area contributed by atoms with Crippen LogP contribution in [-0.2, 0) is 10.0 Å². The fraction of sp³-hybridized carbons (Fsp3) is 0.235. The highest BCUT2D eigenvalue weighted by atomic mass is 35.5. The lowest BCUT2D eigenvalue weighted by Crippen LogP contribution is -2.30. The number of amides is 1. The van der Waals surface area contributed by atoms with Crippen LogP contribution in [0.4, 0.5) is 5.69 Å². The Morgan fingerprint density at radius 2 is 1.67 bits per heavy atom. The second-order valence-electron chi connectivity index (χ2n) is 5.84. The van der Waals surface area contributed by atoms with Crippen LogP contribution < -0.4 is 14.8 Å². The zero-order valence-electron chi connectivity index (χ0n) is 14.6. The van der Waals surface area contributed by atoms with Gasteiger partial charge in [-0.15, -0.1) is 0 Å². The second-order valence-corrected chi connectivity index (χ2v) is 8.75. The summed E-state index contributed by atoms with van der Waals surface area (Å²) in [4.78, 5) is 12.2. The minimum atomic E-state index is -4.05. The Labute approximate surface area is 172 Å². The molecule has 0 aromatic heterocycles. The number of halogens is 3. The van der Waals surface area contributed by atoms with E-state index in [9.17, 15) is 13.2 Å². The van der Waals surface area contributed by atoms with Crippen molar-refractivity contribution in [1.82, 2.24) is 5.32 Å². The standard InChI is InChI=1S/C17H17Cl3N2O4S/c1-9(2)21-17(23)11-6-10(4-5-16(11)26-3)27(24,25)22-15-8-13(19)12(18)7-14(15)20/h4-9,22H,1-3H3,(H,21,23). The molecule has 10 heteroatoms. The third-order valence-electron chi connectivity index (χ3n) is 3.40. The van der Waals surface area contributed by atoms with Gasteiger partial charge in [0.1, 0.15) is 5.75 Å². The normalized spacial score (nSPS) is 11.4. The molecule has 0 aliphatic carbocycles. The largest absolute Gasteiger partial charge is 0.496 e. The molecule has 0 spiro atoms. The Hall–Kier alpha value is -1.67. The molecule has 0 heterocycles. The molecule has 1 amide bonds. The van der Waals surface area contributed by atoms with Crippen molar-refractivity contribution < 1.29 is 17.9 Å². The number of methoxy groups -OCH3 is 1. The number of nitrogens with one attached hydrogen (secondary N) is 2. The molecule has 0 radical (unpaired) electrons. The van der Waals surface area contributed by atoms with Crippen LogP contribution >= 0.6 is 34.8 Å². The van der Waals surface area contributed by atoms with Gasteiger partial charge in [-0.25, -0.2) is 8.42 Å². The Morgan fingerprint density at radius 1 is 1.04 bits per heavy atom. The molecular weight excluding hydrogens is 435 g/mol. The molecule has 2 rings (SSSR count). The van der Waals surface area contributed by atoms with Crippen LogP contribution in [0.25, 0.3) is 0 Å². The van der Waals surface area contributed by atoms with E-state index in [4.69, 9.17) is 39.5 Å². The highest BCUT2D eigenvalue weighted by Gasteiger charge is 2.21. The number of hydrogen-bond donors (Lipinski definition) is 2. The molecule has 2 aromatic rings. The summed E-state index contributed by atoms with van der Waals surface area (Å²) in [5, 5.41) is 3.12. The second kappa shape index (κ2) is 8.56.